The SMILES string of the molecule is c1cc(-c2ccc(CN3C[C@@H]4CC[C@H](C3)N(CC3CC3)C4)o2)[nH]n1. The third kappa shape index (κ3) is 3.03. The van der Waals surface area contributed by atoms with E-state index in [1.54, 1.807) is 6.20 Å². The van der Waals surface area contributed by atoms with Crippen molar-refractivity contribution in [2.45, 2.75) is 38.3 Å². The molecule has 0 aromatic carbocycles. The third-order valence-corrected chi connectivity index (χ3v) is 5.90. The number of piperidine rings is 1. The minimum absolute atomic E-state index is 0.756. The largest absolute Gasteiger partial charge is 0.458 e. The molecule has 0 radical (unpaired) electrons. The highest BCUT2D eigenvalue weighted by atomic mass is 16.3. The molecule has 1 N–H and O–H groups in total. The van der Waals surface area contributed by atoms with Crippen LogP contribution >= 0.6 is 0 Å². The van der Waals surface area contributed by atoms with Gasteiger partial charge in [0, 0.05) is 38.4 Å². The minimum atomic E-state index is 0.756. The molecule has 5 heteroatoms. The second-order valence-corrected chi connectivity index (χ2v) is 7.92. The zero-order valence-electron chi connectivity index (χ0n) is 14.2. The molecule has 0 amide bonds. The second-order valence-electron chi connectivity index (χ2n) is 7.92. The van der Waals surface area contributed by atoms with Gasteiger partial charge in [-0.05, 0) is 55.7 Å². The van der Waals surface area contributed by atoms with E-state index < -0.39 is 0 Å². The fraction of sp³-hybridized carbons (Fsp3) is 0.632. The maximum absolute atomic E-state index is 6.04. The van der Waals surface area contributed by atoms with Crippen LogP contribution in [0.4, 0.5) is 0 Å². The molecular formula is C19H26N4O. The molecule has 2 atom stereocenters. The second kappa shape index (κ2) is 6.05. The summed E-state index contributed by atoms with van der Waals surface area (Å²) in [6, 6.07) is 6.87. The first-order valence-electron chi connectivity index (χ1n) is 9.38. The van der Waals surface area contributed by atoms with Gasteiger partial charge in [0.05, 0.1) is 6.54 Å². The Labute approximate surface area is 143 Å². The van der Waals surface area contributed by atoms with Crippen LogP contribution in [0.15, 0.2) is 28.8 Å². The maximum atomic E-state index is 6.04. The fourth-order valence-corrected chi connectivity index (χ4v) is 4.48. The highest BCUT2D eigenvalue weighted by molar-refractivity contribution is 5.51. The van der Waals surface area contributed by atoms with Crippen molar-refractivity contribution in [1.82, 2.24) is 20.0 Å². The number of nitrogens with zero attached hydrogens (tertiary/aromatic N) is 3. The summed E-state index contributed by atoms with van der Waals surface area (Å²) >= 11 is 0. The molecule has 2 bridgehead atoms. The Morgan fingerprint density at radius 3 is 2.88 bits per heavy atom. The summed E-state index contributed by atoms with van der Waals surface area (Å²) < 4.78 is 6.04. The predicted molar refractivity (Wildman–Crippen MR) is 92.4 cm³/mol. The van der Waals surface area contributed by atoms with E-state index in [4.69, 9.17) is 4.42 Å². The minimum Gasteiger partial charge on any atom is -0.458 e. The molecule has 6 rings (SSSR count). The van der Waals surface area contributed by atoms with E-state index in [1.807, 2.05) is 6.07 Å². The van der Waals surface area contributed by atoms with Crippen LogP contribution in [-0.4, -0.2) is 52.2 Å². The van der Waals surface area contributed by atoms with Gasteiger partial charge in [-0.15, -0.1) is 0 Å². The van der Waals surface area contributed by atoms with Crippen LogP contribution in [-0.2, 0) is 6.54 Å². The zero-order chi connectivity index (χ0) is 15.9. The predicted octanol–water partition coefficient (Wildman–Crippen LogP) is 2.98. The van der Waals surface area contributed by atoms with Crippen molar-refractivity contribution >= 4 is 0 Å². The van der Waals surface area contributed by atoms with E-state index in [9.17, 15) is 0 Å². The topological polar surface area (TPSA) is 48.3 Å². The van der Waals surface area contributed by atoms with Gasteiger partial charge in [-0.3, -0.25) is 14.9 Å². The van der Waals surface area contributed by atoms with Crippen LogP contribution in [0.25, 0.3) is 11.5 Å². The molecule has 24 heavy (non-hydrogen) atoms. The standard InChI is InChI=1S/C19H26N4O/c1-2-14(1)10-23-11-15-3-4-16(23)12-22(9-15)13-17-5-6-19(24-17)18-7-8-20-21-18/h5-8,14-16H,1-4,9-13H2,(H,20,21)/t15-,16+/m0/s1. The molecule has 1 aliphatic carbocycles. The number of aromatic nitrogens is 2. The van der Waals surface area contributed by atoms with Crippen molar-refractivity contribution in [2.75, 3.05) is 26.2 Å². The molecule has 4 aliphatic rings. The van der Waals surface area contributed by atoms with E-state index in [2.05, 4.69) is 32.1 Å². The van der Waals surface area contributed by atoms with Crippen LogP contribution in [0.5, 0.6) is 0 Å². The maximum Gasteiger partial charge on any atom is 0.152 e. The molecule has 3 aliphatic heterocycles. The highest BCUT2D eigenvalue weighted by Crippen LogP contribution is 2.35. The molecule has 3 saturated heterocycles. The molecular weight excluding hydrogens is 300 g/mol. The highest BCUT2D eigenvalue weighted by Gasteiger charge is 2.37. The van der Waals surface area contributed by atoms with Crippen molar-refractivity contribution in [3.63, 3.8) is 0 Å². The molecule has 5 nitrogen and oxygen atoms in total. The summed E-state index contributed by atoms with van der Waals surface area (Å²) in [7, 11) is 0. The molecule has 0 spiro atoms. The van der Waals surface area contributed by atoms with Gasteiger partial charge in [0.2, 0.25) is 0 Å². The number of nitrogens with one attached hydrogen (secondary N) is 1. The summed E-state index contributed by atoms with van der Waals surface area (Å²) in [6.07, 6.45) is 7.46. The van der Waals surface area contributed by atoms with Crippen molar-refractivity contribution in [2.24, 2.45) is 11.8 Å². The van der Waals surface area contributed by atoms with E-state index in [0.717, 1.165) is 41.6 Å². The summed E-state index contributed by atoms with van der Waals surface area (Å²) in [6.45, 7) is 6.01. The number of rotatable bonds is 5. The average Bonchev–Trinajstić information content (AvgIpc) is 3.11. The Morgan fingerprint density at radius 2 is 2.04 bits per heavy atom. The normalized spacial score (nSPS) is 28.3. The number of hydrogen-bond donors (Lipinski definition) is 1. The first kappa shape index (κ1) is 14.7. The zero-order valence-corrected chi connectivity index (χ0v) is 14.2. The van der Waals surface area contributed by atoms with Crippen molar-refractivity contribution in [3.8, 4) is 11.5 Å². The Balaban J connectivity index is 1.26. The fourth-order valence-electron chi connectivity index (χ4n) is 4.48. The van der Waals surface area contributed by atoms with Crippen molar-refractivity contribution in [3.05, 3.63) is 30.2 Å². The number of fused-ring (bicyclic) bond motifs is 4. The van der Waals surface area contributed by atoms with Gasteiger partial charge in [-0.25, -0.2) is 0 Å². The lowest BCUT2D eigenvalue weighted by atomic mass is 9.95. The van der Waals surface area contributed by atoms with E-state index in [0.29, 0.717) is 0 Å². The lowest BCUT2D eigenvalue weighted by Crippen LogP contribution is -2.44. The van der Waals surface area contributed by atoms with E-state index in [1.165, 1.54) is 51.9 Å². The van der Waals surface area contributed by atoms with Crippen LogP contribution in [0.2, 0.25) is 0 Å². The number of hydrogen-bond acceptors (Lipinski definition) is 4. The van der Waals surface area contributed by atoms with Gasteiger partial charge in [0.25, 0.3) is 0 Å². The summed E-state index contributed by atoms with van der Waals surface area (Å²) in [5.41, 5.74) is 0.952. The molecule has 2 aromatic heterocycles. The first-order chi connectivity index (χ1) is 11.8. The lowest BCUT2D eigenvalue weighted by Gasteiger charge is -2.36. The molecule has 4 fully saturated rings. The van der Waals surface area contributed by atoms with Gasteiger partial charge >= 0.3 is 0 Å². The van der Waals surface area contributed by atoms with Crippen LogP contribution in [0.3, 0.4) is 0 Å². The summed E-state index contributed by atoms with van der Waals surface area (Å²) in [5.74, 6) is 3.79. The molecule has 1 saturated carbocycles. The monoisotopic (exact) mass is 326 g/mol. The van der Waals surface area contributed by atoms with Gasteiger partial charge in [-0.2, -0.15) is 5.10 Å². The Bertz CT molecular complexity index is 675. The molecule has 2 aromatic rings. The average molecular weight is 326 g/mol. The quantitative estimate of drug-likeness (QED) is 0.918. The van der Waals surface area contributed by atoms with Gasteiger partial charge < -0.3 is 4.42 Å². The Kier molecular flexibility index (Phi) is 3.71. The van der Waals surface area contributed by atoms with Crippen molar-refractivity contribution < 1.29 is 4.42 Å². The summed E-state index contributed by atoms with van der Waals surface area (Å²) in [5, 5.41) is 6.97. The van der Waals surface area contributed by atoms with E-state index in [-0.39, 0.29) is 0 Å². The van der Waals surface area contributed by atoms with Crippen LogP contribution in [0, 0.1) is 11.8 Å². The van der Waals surface area contributed by atoms with E-state index >= 15 is 0 Å². The Morgan fingerprint density at radius 1 is 1.08 bits per heavy atom. The summed E-state index contributed by atoms with van der Waals surface area (Å²) in [4.78, 5) is 5.41. The van der Waals surface area contributed by atoms with Gasteiger partial charge in [0.15, 0.2) is 5.76 Å². The first-order valence-corrected chi connectivity index (χ1v) is 9.38. The van der Waals surface area contributed by atoms with Crippen LogP contribution in [0.1, 0.15) is 31.4 Å². The molecule has 0 unspecified atom stereocenters. The lowest BCUT2D eigenvalue weighted by molar-refractivity contribution is 0.125. The van der Waals surface area contributed by atoms with Gasteiger partial charge in [-0.1, -0.05) is 0 Å². The number of aromatic amines is 1. The van der Waals surface area contributed by atoms with Gasteiger partial charge in [0.1, 0.15) is 11.5 Å². The molecule has 128 valence electrons. The number of H-pyrrole nitrogens is 1. The molecule has 5 heterocycles. The Hall–Kier alpha value is -1.59. The van der Waals surface area contributed by atoms with Crippen molar-refractivity contribution in [1.29, 1.82) is 0 Å². The third-order valence-electron chi connectivity index (χ3n) is 5.90. The smallest absolute Gasteiger partial charge is 0.152 e. The number of furan rings is 1. The van der Waals surface area contributed by atoms with Crippen LogP contribution < -0.4 is 0 Å².